The number of cyclic esters (lactones) is 4. The largest absolute Gasteiger partial charge is 0.386 e. The molecule has 0 aliphatic carbocycles. The van der Waals surface area contributed by atoms with Crippen molar-refractivity contribution in [3.8, 4) is 0 Å². The highest BCUT2D eigenvalue weighted by molar-refractivity contribution is 6.18. The van der Waals surface area contributed by atoms with Crippen molar-refractivity contribution in [2.75, 3.05) is 0 Å². The summed E-state index contributed by atoms with van der Waals surface area (Å²) in [5.41, 5.74) is 1.46. The van der Waals surface area contributed by atoms with Gasteiger partial charge >= 0.3 is 23.9 Å². The summed E-state index contributed by atoms with van der Waals surface area (Å²) in [5, 5.41) is 0. The monoisotopic (exact) mass is 310 g/mol. The molecular formula is C17H10O6. The second-order valence-electron chi connectivity index (χ2n) is 4.80. The lowest BCUT2D eigenvalue weighted by Gasteiger charge is -1.95. The maximum Gasteiger partial charge on any atom is 0.346 e. The average molecular weight is 310 g/mol. The van der Waals surface area contributed by atoms with Gasteiger partial charge in [-0.15, -0.1) is 0 Å². The SMILES string of the molecule is C/C=C1/C(=O)OC(=O)/C1=C/C=C/c1ccc2c(c1)C(=O)OC2=O. The molecule has 0 atom stereocenters. The molecule has 0 radical (unpaired) electrons. The fraction of sp³-hybridized carbons (Fsp3) is 0.0588. The van der Waals surface area contributed by atoms with Gasteiger partial charge in [0.1, 0.15) is 0 Å². The smallest absolute Gasteiger partial charge is 0.346 e. The van der Waals surface area contributed by atoms with Crippen LogP contribution in [0.5, 0.6) is 0 Å². The second-order valence-corrected chi connectivity index (χ2v) is 4.80. The Hall–Kier alpha value is -3.28. The summed E-state index contributed by atoms with van der Waals surface area (Å²) in [5.74, 6) is -2.71. The van der Waals surface area contributed by atoms with Crippen molar-refractivity contribution in [1.29, 1.82) is 0 Å². The molecule has 0 amide bonds. The van der Waals surface area contributed by atoms with E-state index in [4.69, 9.17) is 0 Å². The molecule has 1 aromatic rings. The molecule has 0 spiro atoms. The minimum atomic E-state index is -0.698. The van der Waals surface area contributed by atoms with Crippen LogP contribution in [0.4, 0.5) is 0 Å². The van der Waals surface area contributed by atoms with E-state index in [-0.39, 0.29) is 22.3 Å². The summed E-state index contributed by atoms with van der Waals surface area (Å²) in [6.45, 7) is 1.63. The molecule has 0 aromatic heterocycles. The van der Waals surface area contributed by atoms with Gasteiger partial charge in [0.2, 0.25) is 0 Å². The van der Waals surface area contributed by atoms with Crippen molar-refractivity contribution in [2.45, 2.75) is 6.92 Å². The van der Waals surface area contributed by atoms with E-state index in [1.54, 1.807) is 25.1 Å². The standard InChI is InChI=1S/C17H10O6/c1-2-10-11(15(19)22-14(10)18)5-3-4-9-6-7-12-13(8-9)17(21)23-16(12)20/h2-8H,1H3/b4-3+,10-2+,11-5+. The van der Waals surface area contributed by atoms with Crippen LogP contribution >= 0.6 is 0 Å². The third-order valence-corrected chi connectivity index (χ3v) is 3.42. The maximum absolute atomic E-state index is 11.5. The highest BCUT2D eigenvalue weighted by Crippen LogP contribution is 2.23. The van der Waals surface area contributed by atoms with Crippen LogP contribution in [0.3, 0.4) is 0 Å². The fourth-order valence-corrected chi connectivity index (χ4v) is 2.31. The summed E-state index contributed by atoms with van der Waals surface area (Å²) < 4.78 is 9.03. The molecule has 1 saturated heterocycles. The molecule has 6 nitrogen and oxygen atoms in total. The first-order chi connectivity index (χ1) is 11.0. The van der Waals surface area contributed by atoms with Crippen LogP contribution in [0.2, 0.25) is 0 Å². The van der Waals surface area contributed by atoms with Crippen molar-refractivity contribution in [3.63, 3.8) is 0 Å². The van der Waals surface area contributed by atoms with E-state index in [1.807, 2.05) is 0 Å². The average Bonchev–Trinajstić information content (AvgIpc) is 2.95. The van der Waals surface area contributed by atoms with Crippen molar-refractivity contribution >= 4 is 30.0 Å². The van der Waals surface area contributed by atoms with E-state index >= 15 is 0 Å². The van der Waals surface area contributed by atoms with Crippen LogP contribution in [-0.2, 0) is 19.1 Å². The van der Waals surface area contributed by atoms with Gasteiger partial charge in [-0.25, -0.2) is 19.2 Å². The number of hydrogen-bond acceptors (Lipinski definition) is 6. The van der Waals surface area contributed by atoms with Gasteiger partial charge in [0.15, 0.2) is 0 Å². The quantitative estimate of drug-likeness (QED) is 0.471. The number of esters is 4. The van der Waals surface area contributed by atoms with Gasteiger partial charge in [-0.3, -0.25) is 0 Å². The Morgan fingerprint density at radius 1 is 0.826 bits per heavy atom. The lowest BCUT2D eigenvalue weighted by Crippen LogP contribution is -1.96. The zero-order valence-electron chi connectivity index (χ0n) is 12.0. The van der Waals surface area contributed by atoms with Crippen LogP contribution in [0.15, 0.2) is 47.6 Å². The normalized spacial score (nSPS) is 20.6. The summed E-state index contributed by atoms with van der Waals surface area (Å²) in [6.07, 6.45) is 6.15. The summed E-state index contributed by atoms with van der Waals surface area (Å²) in [4.78, 5) is 45.8. The van der Waals surface area contributed by atoms with Crippen LogP contribution in [0.25, 0.3) is 6.08 Å². The van der Waals surface area contributed by atoms with Crippen molar-refractivity contribution in [3.05, 3.63) is 64.3 Å². The van der Waals surface area contributed by atoms with E-state index in [0.717, 1.165) is 0 Å². The third kappa shape index (κ3) is 2.50. The van der Waals surface area contributed by atoms with E-state index in [1.165, 1.54) is 24.3 Å². The number of hydrogen-bond donors (Lipinski definition) is 0. The molecule has 6 heteroatoms. The van der Waals surface area contributed by atoms with Gasteiger partial charge in [-0.2, -0.15) is 0 Å². The Kier molecular flexibility index (Phi) is 3.50. The Morgan fingerprint density at radius 2 is 1.48 bits per heavy atom. The predicted octanol–water partition coefficient (Wildman–Crippen LogP) is 1.97. The van der Waals surface area contributed by atoms with E-state index in [2.05, 4.69) is 9.47 Å². The van der Waals surface area contributed by atoms with E-state index in [0.29, 0.717) is 5.56 Å². The van der Waals surface area contributed by atoms with Gasteiger partial charge in [0.05, 0.1) is 22.3 Å². The summed E-state index contributed by atoms with van der Waals surface area (Å²) in [7, 11) is 0. The number of benzene rings is 1. The van der Waals surface area contributed by atoms with Crippen LogP contribution in [0.1, 0.15) is 33.2 Å². The maximum atomic E-state index is 11.5. The van der Waals surface area contributed by atoms with Crippen molar-refractivity contribution < 1.29 is 28.7 Å². The summed E-state index contributed by atoms with van der Waals surface area (Å²) >= 11 is 0. The molecular weight excluding hydrogens is 300 g/mol. The Balaban J connectivity index is 1.87. The Bertz CT molecular complexity index is 854. The van der Waals surface area contributed by atoms with Crippen LogP contribution < -0.4 is 0 Å². The zero-order chi connectivity index (χ0) is 16.6. The second kappa shape index (κ2) is 5.49. The molecule has 2 aliphatic heterocycles. The van der Waals surface area contributed by atoms with Crippen molar-refractivity contribution in [1.82, 2.24) is 0 Å². The van der Waals surface area contributed by atoms with Gasteiger partial charge in [-0.05, 0) is 30.7 Å². The number of rotatable bonds is 2. The number of carbonyl (C=O) groups excluding carboxylic acids is 4. The number of ether oxygens (including phenoxy) is 2. The molecule has 3 rings (SSSR count). The van der Waals surface area contributed by atoms with E-state index < -0.39 is 23.9 Å². The number of allylic oxidation sites excluding steroid dienone is 3. The molecule has 114 valence electrons. The molecule has 2 aliphatic rings. The molecule has 0 saturated carbocycles. The topological polar surface area (TPSA) is 86.7 Å². The molecule has 2 heterocycles. The van der Waals surface area contributed by atoms with Gasteiger partial charge < -0.3 is 9.47 Å². The van der Waals surface area contributed by atoms with Crippen LogP contribution in [-0.4, -0.2) is 23.9 Å². The molecule has 23 heavy (non-hydrogen) atoms. The van der Waals surface area contributed by atoms with Gasteiger partial charge in [0.25, 0.3) is 0 Å². The third-order valence-electron chi connectivity index (χ3n) is 3.42. The molecule has 1 fully saturated rings. The first-order valence-corrected chi connectivity index (χ1v) is 6.73. The summed E-state index contributed by atoms with van der Waals surface area (Å²) in [6, 6.07) is 4.66. The van der Waals surface area contributed by atoms with E-state index in [9.17, 15) is 19.2 Å². The number of fused-ring (bicyclic) bond motifs is 1. The fourth-order valence-electron chi connectivity index (χ4n) is 2.31. The minimum Gasteiger partial charge on any atom is -0.386 e. The zero-order valence-corrected chi connectivity index (χ0v) is 12.0. The first-order valence-electron chi connectivity index (χ1n) is 6.73. The lowest BCUT2D eigenvalue weighted by molar-refractivity contribution is -0.149. The minimum absolute atomic E-state index is 0.171. The number of carbonyl (C=O) groups is 4. The highest BCUT2D eigenvalue weighted by Gasteiger charge is 2.32. The molecule has 1 aromatic carbocycles. The Morgan fingerprint density at radius 3 is 2.22 bits per heavy atom. The Labute approximate surface area is 130 Å². The van der Waals surface area contributed by atoms with Crippen molar-refractivity contribution in [2.24, 2.45) is 0 Å². The predicted molar refractivity (Wildman–Crippen MR) is 78.2 cm³/mol. The lowest BCUT2D eigenvalue weighted by atomic mass is 10.0. The van der Waals surface area contributed by atoms with Gasteiger partial charge in [-0.1, -0.05) is 24.3 Å². The highest BCUT2D eigenvalue weighted by atomic mass is 16.6. The van der Waals surface area contributed by atoms with Crippen LogP contribution in [0, 0.1) is 0 Å². The molecule has 0 bridgehead atoms. The molecule has 0 unspecified atom stereocenters. The first kappa shape index (κ1) is 14.6. The van der Waals surface area contributed by atoms with Gasteiger partial charge in [0, 0.05) is 0 Å². The molecule has 0 N–H and O–H groups in total.